The third-order valence-corrected chi connectivity index (χ3v) is 1.42. The van der Waals surface area contributed by atoms with Gasteiger partial charge < -0.3 is 14.4 Å². The second-order valence-electron chi connectivity index (χ2n) is 2.20. The largest absolute Gasteiger partial charge is 0.383 e. The fourth-order valence-electron chi connectivity index (χ4n) is 0.711. The van der Waals surface area contributed by atoms with E-state index in [2.05, 4.69) is 11.5 Å². The smallest absolute Gasteiger partial charge is 0.0637 e. The van der Waals surface area contributed by atoms with Crippen LogP contribution in [0.1, 0.15) is 0 Å². The zero-order valence-electron chi connectivity index (χ0n) is 7.38. The fourth-order valence-corrected chi connectivity index (χ4v) is 0.711. The molecule has 3 heteroatoms. The van der Waals surface area contributed by atoms with Crippen LogP contribution in [-0.4, -0.2) is 45.4 Å². The first-order valence-corrected chi connectivity index (χ1v) is 3.69. The Balaban J connectivity index is 3.33. The lowest BCUT2D eigenvalue weighted by molar-refractivity contribution is 0.138. The van der Waals surface area contributed by atoms with Gasteiger partial charge in [-0.05, 0) is 6.20 Å². The van der Waals surface area contributed by atoms with Crippen LogP contribution in [-0.2, 0) is 9.47 Å². The molecular weight excluding hydrogens is 142 g/mol. The molecule has 0 N–H and O–H groups in total. The molecular formula is C8H17NO2. The van der Waals surface area contributed by atoms with Crippen molar-refractivity contribution in [2.45, 2.75) is 0 Å². The van der Waals surface area contributed by atoms with Crippen LogP contribution >= 0.6 is 0 Å². The molecule has 0 fully saturated rings. The van der Waals surface area contributed by atoms with Crippen LogP contribution in [0.2, 0.25) is 0 Å². The molecule has 0 rings (SSSR count). The molecule has 0 spiro atoms. The summed E-state index contributed by atoms with van der Waals surface area (Å²) in [6.45, 7) is 6.90. The van der Waals surface area contributed by atoms with Gasteiger partial charge in [0.05, 0.1) is 13.2 Å². The Hall–Kier alpha value is -0.540. The Bertz CT molecular complexity index is 88.1. The SMILES string of the molecule is C=CN(CCOC)CCOC. The number of rotatable bonds is 7. The minimum atomic E-state index is 0.732. The minimum absolute atomic E-state index is 0.732. The summed E-state index contributed by atoms with van der Waals surface area (Å²) in [5, 5.41) is 0. The minimum Gasteiger partial charge on any atom is -0.383 e. The highest BCUT2D eigenvalue weighted by Crippen LogP contribution is 1.87. The van der Waals surface area contributed by atoms with Gasteiger partial charge in [-0.1, -0.05) is 6.58 Å². The molecule has 0 radical (unpaired) electrons. The van der Waals surface area contributed by atoms with E-state index in [0.29, 0.717) is 0 Å². The lowest BCUT2D eigenvalue weighted by atomic mass is 10.5. The molecule has 0 heterocycles. The highest BCUT2D eigenvalue weighted by molar-refractivity contribution is 4.69. The van der Waals surface area contributed by atoms with Gasteiger partial charge in [0, 0.05) is 27.3 Å². The molecule has 0 aliphatic carbocycles. The van der Waals surface area contributed by atoms with E-state index in [-0.39, 0.29) is 0 Å². The normalized spacial score (nSPS) is 9.64. The van der Waals surface area contributed by atoms with Crippen molar-refractivity contribution in [2.75, 3.05) is 40.5 Å². The molecule has 0 atom stereocenters. The lowest BCUT2D eigenvalue weighted by Crippen LogP contribution is -2.25. The number of hydrogen-bond acceptors (Lipinski definition) is 3. The van der Waals surface area contributed by atoms with Crippen LogP contribution < -0.4 is 0 Å². The number of ether oxygens (including phenoxy) is 2. The highest BCUT2D eigenvalue weighted by atomic mass is 16.5. The van der Waals surface area contributed by atoms with E-state index in [1.54, 1.807) is 20.4 Å². The molecule has 0 aliphatic rings. The summed E-state index contributed by atoms with van der Waals surface area (Å²) in [7, 11) is 3.38. The van der Waals surface area contributed by atoms with Crippen molar-refractivity contribution in [1.82, 2.24) is 4.90 Å². The third kappa shape index (κ3) is 5.88. The van der Waals surface area contributed by atoms with Crippen LogP contribution in [0.15, 0.2) is 12.8 Å². The highest BCUT2D eigenvalue weighted by Gasteiger charge is 1.95. The standard InChI is InChI=1S/C8H17NO2/c1-4-9(5-7-10-2)6-8-11-3/h4H,1,5-8H2,2-3H3. The zero-order chi connectivity index (χ0) is 8.53. The average Bonchev–Trinajstić information content (AvgIpc) is 2.05. The van der Waals surface area contributed by atoms with Crippen molar-refractivity contribution in [3.05, 3.63) is 12.8 Å². The molecule has 0 unspecified atom stereocenters. The first kappa shape index (κ1) is 10.5. The molecule has 0 amide bonds. The van der Waals surface area contributed by atoms with E-state index in [1.807, 2.05) is 0 Å². The van der Waals surface area contributed by atoms with E-state index in [4.69, 9.17) is 9.47 Å². The van der Waals surface area contributed by atoms with Crippen LogP contribution in [0, 0.1) is 0 Å². The average molecular weight is 159 g/mol. The molecule has 0 aliphatic heterocycles. The van der Waals surface area contributed by atoms with Gasteiger partial charge in [0.2, 0.25) is 0 Å². The van der Waals surface area contributed by atoms with Crippen LogP contribution in [0.4, 0.5) is 0 Å². The summed E-state index contributed by atoms with van der Waals surface area (Å²) in [6, 6.07) is 0. The fraction of sp³-hybridized carbons (Fsp3) is 0.750. The lowest BCUT2D eigenvalue weighted by Gasteiger charge is -2.18. The van der Waals surface area contributed by atoms with Crippen LogP contribution in [0.25, 0.3) is 0 Å². The maximum Gasteiger partial charge on any atom is 0.0637 e. The van der Waals surface area contributed by atoms with Crippen molar-refractivity contribution in [3.63, 3.8) is 0 Å². The topological polar surface area (TPSA) is 21.7 Å². The first-order chi connectivity index (χ1) is 5.35. The maximum absolute atomic E-state index is 4.92. The second-order valence-corrected chi connectivity index (χ2v) is 2.20. The van der Waals surface area contributed by atoms with Gasteiger partial charge in [-0.2, -0.15) is 0 Å². The molecule has 0 saturated heterocycles. The summed E-state index contributed by atoms with van der Waals surface area (Å²) in [5.41, 5.74) is 0. The predicted octanol–water partition coefficient (Wildman–Crippen LogP) is 0.725. The Morgan fingerprint density at radius 1 is 1.18 bits per heavy atom. The summed E-state index contributed by atoms with van der Waals surface area (Å²) in [5.74, 6) is 0. The molecule has 0 aromatic rings. The van der Waals surface area contributed by atoms with Gasteiger partial charge >= 0.3 is 0 Å². The molecule has 0 aromatic carbocycles. The Labute approximate surface area is 68.6 Å². The molecule has 3 nitrogen and oxygen atoms in total. The van der Waals surface area contributed by atoms with Gasteiger partial charge in [0.25, 0.3) is 0 Å². The van der Waals surface area contributed by atoms with Crippen molar-refractivity contribution in [1.29, 1.82) is 0 Å². The van der Waals surface area contributed by atoms with Gasteiger partial charge in [-0.3, -0.25) is 0 Å². The monoisotopic (exact) mass is 159 g/mol. The van der Waals surface area contributed by atoms with E-state index in [0.717, 1.165) is 26.3 Å². The van der Waals surface area contributed by atoms with Crippen molar-refractivity contribution in [2.24, 2.45) is 0 Å². The van der Waals surface area contributed by atoms with E-state index in [9.17, 15) is 0 Å². The predicted molar refractivity (Wildman–Crippen MR) is 45.5 cm³/mol. The van der Waals surface area contributed by atoms with Gasteiger partial charge in [0.15, 0.2) is 0 Å². The summed E-state index contributed by atoms with van der Waals surface area (Å²) >= 11 is 0. The Morgan fingerprint density at radius 2 is 1.64 bits per heavy atom. The van der Waals surface area contributed by atoms with E-state index < -0.39 is 0 Å². The Kier molecular flexibility index (Phi) is 7.19. The maximum atomic E-state index is 4.92. The van der Waals surface area contributed by atoms with Crippen LogP contribution in [0.3, 0.4) is 0 Å². The van der Waals surface area contributed by atoms with Gasteiger partial charge in [-0.25, -0.2) is 0 Å². The van der Waals surface area contributed by atoms with Crippen LogP contribution in [0.5, 0.6) is 0 Å². The number of methoxy groups -OCH3 is 2. The van der Waals surface area contributed by atoms with Crippen molar-refractivity contribution >= 4 is 0 Å². The number of hydrogen-bond donors (Lipinski definition) is 0. The number of nitrogens with zero attached hydrogens (tertiary/aromatic N) is 1. The third-order valence-electron chi connectivity index (χ3n) is 1.42. The molecule has 66 valence electrons. The Morgan fingerprint density at radius 3 is 1.91 bits per heavy atom. The summed E-state index contributed by atoms with van der Waals surface area (Å²) in [6.07, 6.45) is 1.80. The van der Waals surface area contributed by atoms with Crippen molar-refractivity contribution in [3.8, 4) is 0 Å². The quantitative estimate of drug-likeness (QED) is 0.546. The summed E-state index contributed by atoms with van der Waals surface area (Å²) < 4.78 is 9.85. The summed E-state index contributed by atoms with van der Waals surface area (Å²) in [4.78, 5) is 2.06. The molecule has 11 heavy (non-hydrogen) atoms. The first-order valence-electron chi connectivity index (χ1n) is 3.69. The second kappa shape index (κ2) is 7.57. The molecule has 0 saturated carbocycles. The molecule has 0 bridgehead atoms. The van der Waals surface area contributed by atoms with E-state index >= 15 is 0 Å². The van der Waals surface area contributed by atoms with E-state index in [1.165, 1.54) is 0 Å². The molecule has 0 aromatic heterocycles. The van der Waals surface area contributed by atoms with Gasteiger partial charge in [0.1, 0.15) is 0 Å². The van der Waals surface area contributed by atoms with Crippen molar-refractivity contribution < 1.29 is 9.47 Å². The zero-order valence-corrected chi connectivity index (χ0v) is 7.38. The van der Waals surface area contributed by atoms with Gasteiger partial charge in [-0.15, -0.1) is 0 Å².